The Bertz CT molecular complexity index is 2110. The van der Waals surface area contributed by atoms with Crippen molar-refractivity contribution in [3.05, 3.63) is 161 Å². The van der Waals surface area contributed by atoms with Crippen LogP contribution in [0.3, 0.4) is 0 Å². The van der Waals surface area contributed by atoms with Crippen LogP contribution in [0.25, 0.3) is 21.5 Å². The van der Waals surface area contributed by atoms with E-state index in [2.05, 4.69) is 71.9 Å². The maximum atomic E-state index is 12.9. The van der Waals surface area contributed by atoms with Crippen molar-refractivity contribution in [2.75, 3.05) is 18.9 Å². The number of likely N-dealkylation sites (N-methyl/N-ethyl adjacent to an activating group) is 1. The van der Waals surface area contributed by atoms with Crippen LogP contribution in [-0.4, -0.2) is 41.4 Å². The van der Waals surface area contributed by atoms with Gasteiger partial charge in [-0.1, -0.05) is 109 Å². The molecule has 1 amide bonds. The number of carbonyl (C=O) groups is 2. The lowest BCUT2D eigenvalue weighted by Crippen LogP contribution is -2.37. The van der Waals surface area contributed by atoms with Crippen LogP contribution in [0.1, 0.15) is 63.9 Å². The lowest BCUT2D eigenvalue weighted by molar-refractivity contribution is -0.252. The normalized spacial score (nSPS) is 17.5. The standard InChI is InChI=1S/C44H42N2O5/c1-29(48)34-10-7-11-37(24-34)45-43(49)22-30-14-20-33(21-15-30)44-50-38(25-42(51-44)32-18-16-31(28-47)17-19-32)26-46(2)27-41-39-12-5-3-8-35(39)23-36-9-4-6-13-40(36)41/h3-21,23-24,38,42,44,47H,22,25-28H2,1-2H3,(H,45,49)/t38-,42+,44?/m0/s1. The van der Waals surface area contributed by atoms with Crippen LogP contribution in [0, 0.1) is 0 Å². The van der Waals surface area contributed by atoms with Gasteiger partial charge in [0.1, 0.15) is 0 Å². The van der Waals surface area contributed by atoms with Gasteiger partial charge < -0.3 is 19.9 Å². The minimum Gasteiger partial charge on any atom is -0.392 e. The first-order valence-corrected chi connectivity index (χ1v) is 17.4. The minimum atomic E-state index is -0.602. The number of hydrogen-bond acceptors (Lipinski definition) is 6. The highest BCUT2D eigenvalue weighted by Gasteiger charge is 2.33. The zero-order valence-corrected chi connectivity index (χ0v) is 28.9. The first-order chi connectivity index (χ1) is 24.8. The van der Waals surface area contributed by atoms with E-state index in [1.807, 2.05) is 48.5 Å². The molecule has 7 nitrogen and oxygen atoms in total. The van der Waals surface area contributed by atoms with E-state index in [-0.39, 0.29) is 36.9 Å². The average Bonchev–Trinajstić information content (AvgIpc) is 3.15. The quantitative estimate of drug-likeness (QED) is 0.106. The lowest BCUT2D eigenvalue weighted by atomic mass is 9.96. The third kappa shape index (κ3) is 8.08. The number of nitrogens with one attached hydrogen (secondary N) is 1. The number of rotatable bonds is 11. The van der Waals surface area contributed by atoms with Crippen molar-refractivity contribution in [1.82, 2.24) is 4.90 Å². The summed E-state index contributed by atoms with van der Waals surface area (Å²) in [6.07, 6.45) is -0.0559. The summed E-state index contributed by atoms with van der Waals surface area (Å²) in [5, 5.41) is 17.5. The number of hydrogen-bond donors (Lipinski definition) is 2. The molecule has 1 aliphatic rings. The number of fused-ring (bicyclic) bond motifs is 2. The number of anilines is 1. The fraction of sp³-hybridized carbons (Fsp3) is 0.227. The van der Waals surface area contributed by atoms with E-state index in [9.17, 15) is 14.7 Å². The fourth-order valence-electron chi connectivity index (χ4n) is 6.99. The summed E-state index contributed by atoms with van der Waals surface area (Å²) in [6.45, 7) is 2.96. The van der Waals surface area contributed by atoms with Crippen LogP contribution < -0.4 is 5.32 Å². The maximum Gasteiger partial charge on any atom is 0.228 e. The number of ether oxygens (including phenoxy) is 2. The molecule has 0 radical (unpaired) electrons. The molecule has 6 aromatic rings. The predicted molar refractivity (Wildman–Crippen MR) is 201 cm³/mol. The first kappa shape index (κ1) is 34.3. The molecule has 258 valence electrons. The van der Waals surface area contributed by atoms with Gasteiger partial charge in [-0.05, 0) is 76.0 Å². The van der Waals surface area contributed by atoms with Gasteiger partial charge in [-0.3, -0.25) is 14.5 Å². The average molecular weight is 679 g/mol. The third-order valence-corrected chi connectivity index (χ3v) is 9.61. The monoisotopic (exact) mass is 678 g/mol. The molecule has 3 atom stereocenters. The highest BCUT2D eigenvalue weighted by atomic mass is 16.7. The molecule has 1 unspecified atom stereocenters. The minimum absolute atomic E-state index is 0.0109. The number of nitrogens with zero attached hydrogens (tertiary/aromatic N) is 1. The van der Waals surface area contributed by atoms with Crippen molar-refractivity contribution in [2.24, 2.45) is 0 Å². The Hall–Kier alpha value is -5.18. The van der Waals surface area contributed by atoms with Crippen molar-refractivity contribution in [3.8, 4) is 0 Å². The highest BCUT2D eigenvalue weighted by Crippen LogP contribution is 2.38. The molecule has 0 bridgehead atoms. The van der Waals surface area contributed by atoms with Crippen molar-refractivity contribution in [1.29, 1.82) is 0 Å². The summed E-state index contributed by atoms with van der Waals surface area (Å²) in [5.74, 6) is -0.215. The summed E-state index contributed by atoms with van der Waals surface area (Å²) >= 11 is 0. The fourth-order valence-corrected chi connectivity index (χ4v) is 6.99. The maximum absolute atomic E-state index is 12.9. The van der Waals surface area contributed by atoms with Crippen molar-refractivity contribution in [2.45, 2.75) is 51.4 Å². The summed E-state index contributed by atoms with van der Waals surface area (Å²) in [4.78, 5) is 26.9. The van der Waals surface area contributed by atoms with Gasteiger partial charge in [0, 0.05) is 36.3 Å². The van der Waals surface area contributed by atoms with Gasteiger partial charge in [-0.15, -0.1) is 0 Å². The molecule has 2 N–H and O–H groups in total. The van der Waals surface area contributed by atoms with Gasteiger partial charge in [-0.25, -0.2) is 0 Å². The number of amides is 1. The Morgan fingerprint density at radius 2 is 1.41 bits per heavy atom. The highest BCUT2D eigenvalue weighted by molar-refractivity contribution is 6.02. The smallest absolute Gasteiger partial charge is 0.228 e. The number of aliphatic hydroxyl groups excluding tert-OH is 1. The molecular formula is C44H42N2O5. The van der Waals surface area contributed by atoms with Crippen molar-refractivity contribution >= 4 is 38.9 Å². The number of benzene rings is 6. The summed E-state index contributed by atoms with van der Waals surface area (Å²) < 4.78 is 13.3. The molecule has 51 heavy (non-hydrogen) atoms. The molecule has 1 fully saturated rings. The Balaban J connectivity index is 1.08. The van der Waals surface area contributed by atoms with Crippen LogP contribution in [0.5, 0.6) is 0 Å². The van der Waals surface area contributed by atoms with Crippen LogP contribution in [0.4, 0.5) is 5.69 Å². The van der Waals surface area contributed by atoms with E-state index in [1.54, 1.807) is 24.3 Å². The van der Waals surface area contributed by atoms with Crippen molar-refractivity contribution < 1.29 is 24.2 Å². The van der Waals surface area contributed by atoms with E-state index >= 15 is 0 Å². The van der Waals surface area contributed by atoms with Crippen molar-refractivity contribution in [3.63, 3.8) is 0 Å². The molecule has 0 aromatic heterocycles. The van der Waals surface area contributed by atoms with Gasteiger partial charge in [0.2, 0.25) is 5.91 Å². The molecule has 0 saturated carbocycles. The second-order valence-corrected chi connectivity index (χ2v) is 13.4. The van der Waals surface area contributed by atoms with Crippen LogP contribution in [-0.2, 0) is 33.8 Å². The van der Waals surface area contributed by atoms with Gasteiger partial charge >= 0.3 is 0 Å². The topological polar surface area (TPSA) is 88.1 Å². The number of aliphatic hydroxyl groups is 1. The molecule has 1 aliphatic heterocycles. The summed E-state index contributed by atoms with van der Waals surface area (Å²) in [6, 6.07) is 42.1. The Morgan fingerprint density at radius 1 is 0.765 bits per heavy atom. The number of carbonyl (C=O) groups excluding carboxylic acids is 2. The molecule has 7 rings (SSSR count). The Labute approximate surface area is 298 Å². The van der Waals surface area contributed by atoms with Crippen LogP contribution in [0.2, 0.25) is 0 Å². The Kier molecular flexibility index (Phi) is 10.3. The number of ketones is 1. The van der Waals surface area contributed by atoms with E-state index < -0.39 is 6.29 Å². The molecule has 0 aliphatic carbocycles. The zero-order valence-electron chi connectivity index (χ0n) is 28.9. The molecule has 0 spiro atoms. The second kappa shape index (κ2) is 15.4. The predicted octanol–water partition coefficient (Wildman–Crippen LogP) is 8.55. The summed E-state index contributed by atoms with van der Waals surface area (Å²) in [5.41, 5.74) is 6.07. The summed E-state index contributed by atoms with van der Waals surface area (Å²) in [7, 11) is 2.14. The second-order valence-electron chi connectivity index (χ2n) is 13.4. The van der Waals surface area contributed by atoms with E-state index in [0.717, 1.165) is 28.8 Å². The van der Waals surface area contributed by atoms with Crippen LogP contribution in [0.15, 0.2) is 127 Å². The molecule has 6 aromatic carbocycles. The van der Waals surface area contributed by atoms with E-state index in [4.69, 9.17) is 9.47 Å². The van der Waals surface area contributed by atoms with Gasteiger partial charge in [0.25, 0.3) is 0 Å². The molecular weight excluding hydrogens is 636 g/mol. The number of Topliss-reactive ketones (excluding diaryl/α,β-unsaturated/α-hetero) is 1. The largest absolute Gasteiger partial charge is 0.392 e. The zero-order chi connectivity index (χ0) is 35.3. The lowest BCUT2D eigenvalue weighted by Gasteiger charge is -2.38. The van der Waals surface area contributed by atoms with E-state index in [1.165, 1.54) is 34.0 Å². The SMILES string of the molecule is CC(=O)c1cccc(NC(=O)Cc2ccc(C3O[C@H](CN(C)Cc4c5ccccc5cc5ccccc45)C[C@H](c4ccc(CO)cc4)O3)cc2)c1. The molecule has 1 heterocycles. The molecule has 7 heteroatoms. The van der Waals surface area contributed by atoms with Gasteiger partial charge in [0.05, 0.1) is 25.2 Å². The van der Waals surface area contributed by atoms with Gasteiger partial charge in [-0.2, -0.15) is 0 Å². The Morgan fingerprint density at radius 3 is 2.08 bits per heavy atom. The third-order valence-electron chi connectivity index (χ3n) is 9.61. The molecule has 1 saturated heterocycles. The van der Waals surface area contributed by atoms with Crippen LogP contribution >= 0.6 is 0 Å². The van der Waals surface area contributed by atoms with Gasteiger partial charge in [0.15, 0.2) is 12.1 Å². The first-order valence-electron chi connectivity index (χ1n) is 17.4. The van der Waals surface area contributed by atoms with E-state index in [0.29, 0.717) is 24.2 Å².